The highest BCUT2D eigenvalue weighted by atomic mass is 19.1. The van der Waals surface area contributed by atoms with Crippen molar-refractivity contribution in [2.75, 3.05) is 11.9 Å². The number of halogens is 1. The second-order valence-electron chi connectivity index (χ2n) is 5.39. The molecule has 2 aromatic carbocycles. The third-order valence-electron chi connectivity index (χ3n) is 3.45. The topological polar surface area (TPSA) is 64.4 Å². The van der Waals surface area contributed by atoms with Gasteiger partial charge in [0, 0.05) is 11.6 Å². The van der Waals surface area contributed by atoms with Crippen molar-refractivity contribution in [1.29, 1.82) is 0 Å². The molecule has 3 rings (SSSR count). The van der Waals surface area contributed by atoms with Crippen LogP contribution in [0.4, 0.5) is 10.1 Å². The summed E-state index contributed by atoms with van der Waals surface area (Å²) in [7, 11) is 0. The molecule has 6 heteroatoms. The minimum Gasteiger partial charge on any atom is -0.491 e. The van der Waals surface area contributed by atoms with E-state index in [-0.39, 0.29) is 11.6 Å². The number of hydrogen-bond acceptors (Lipinski definition) is 4. The molecular formula is C19H17FN2O3. The van der Waals surface area contributed by atoms with E-state index in [1.54, 1.807) is 30.3 Å². The van der Waals surface area contributed by atoms with Crippen LogP contribution in [-0.4, -0.2) is 17.7 Å². The summed E-state index contributed by atoms with van der Waals surface area (Å²) >= 11 is 0. The third kappa shape index (κ3) is 4.03. The number of anilines is 1. The number of carbonyl (C=O) groups excluding carboxylic acids is 1. The summed E-state index contributed by atoms with van der Waals surface area (Å²) in [4.78, 5) is 12.4. The molecule has 0 aliphatic heterocycles. The van der Waals surface area contributed by atoms with Crippen LogP contribution in [0.2, 0.25) is 0 Å². The highest BCUT2D eigenvalue weighted by Gasteiger charge is 2.16. The van der Waals surface area contributed by atoms with E-state index in [9.17, 15) is 9.18 Å². The average molecular weight is 340 g/mol. The number of rotatable bonds is 6. The van der Waals surface area contributed by atoms with Crippen molar-refractivity contribution < 1.29 is 18.4 Å². The summed E-state index contributed by atoms with van der Waals surface area (Å²) in [6.07, 6.45) is 0.862. The lowest BCUT2D eigenvalue weighted by Gasteiger charge is -2.10. The SMILES string of the molecule is CCCOc1ccccc1NC(=O)c1cc(-c2cccc(F)c2)no1. The molecule has 0 aliphatic rings. The largest absolute Gasteiger partial charge is 0.491 e. The number of nitrogens with one attached hydrogen (secondary N) is 1. The number of nitrogens with zero attached hydrogens (tertiary/aromatic N) is 1. The van der Waals surface area contributed by atoms with Crippen molar-refractivity contribution >= 4 is 11.6 Å². The van der Waals surface area contributed by atoms with Crippen molar-refractivity contribution in [3.8, 4) is 17.0 Å². The van der Waals surface area contributed by atoms with Gasteiger partial charge in [-0.3, -0.25) is 4.79 Å². The Balaban J connectivity index is 1.77. The first-order valence-electron chi connectivity index (χ1n) is 7.93. The summed E-state index contributed by atoms with van der Waals surface area (Å²) in [5.41, 5.74) is 1.47. The smallest absolute Gasteiger partial charge is 0.294 e. The van der Waals surface area contributed by atoms with E-state index in [1.165, 1.54) is 18.2 Å². The fraction of sp³-hybridized carbons (Fsp3) is 0.158. The molecule has 0 spiro atoms. The van der Waals surface area contributed by atoms with E-state index in [1.807, 2.05) is 13.0 Å². The number of amides is 1. The van der Waals surface area contributed by atoms with Gasteiger partial charge in [0.25, 0.3) is 5.91 Å². The van der Waals surface area contributed by atoms with E-state index in [4.69, 9.17) is 9.26 Å². The molecule has 1 heterocycles. The fourth-order valence-electron chi connectivity index (χ4n) is 2.26. The Morgan fingerprint density at radius 2 is 2.04 bits per heavy atom. The zero-order chi connectivity index (χ0) is 17.6. The summed E-state index contributed by atoms with van der Waals surface area (Å²) < 4.78 is 24.0. The zero-order valence-electron chi connectivity index (χ0n) is 13.7. The average Bonchev–Trinajstić information content (AvgIpc) is 3.11. The first-order valence-corrected chi connectivity index (χ1v) is 7.93. The van der Waals surface area contributed by atoms with Crippen LogP contribution in [0.3, 0.4) is 0 Å². The molecule has 0 fully saturated rings. The van der Waals surface area contributed by atoms with Gasteiger partial charge in [-0.1, -0.05) is 36.3 Å². The molecule has 0 bridgehead atoms. The maximum absolute atomic E-state index is 13.3. The molecule has 0 atom stereocenters. The van der Waals surface area contributed by atoms with E-state index in [0.717, 1.165) is 6.42 Å². The lowest BCUT2D eigenvalue weighted by Crippen LogP contribution is -2.12. The first kappa shape index (κ1) is 16.7. The van der Waals surface area contributed by atoms with Gasteiger partial charge in [0.2, 0.25) is 5.76 Å². The van der Waals surface area contributed by atoms with Crippen LogP contribution in [0.1, 0.15) is 23.9 Å². The molecule has 128 valence electrons. The van der Waals surface area contributed by atoms with Gasteiger partial charge in [-0.05, 0) is 30.7 Å². The molecule has 1 N–H and O–H groups in total. The van der Waals surface area contributed by atoms with Crippen molar-refractivity contribution in [3.63, 3.8) is 0 Å². The van der Waals surface area contributed by atoms with Gasteiger partial charge in [0.1, 0.15) is 17.3 Å². The van der Waals surface area contributed by atoms with Crippen LogP contribution >= 0.6 is 0 Å². The Bertz CT molecular complexity index is 876. The predicted molar refractivity (Wildman–Crippen MR) is 92.1 cm³/mol. The molecule has 1 amide bonds. The van der Waals surface area contributed by atoms with Crippen LogP contribution in [0, 0.1) is 5.82 Å². The van der Waals surface area contributed by atoms with E-state index in [2.05, 4.69) is 10.5 Å². The number of carbonyl (C=O) groups is 1. The Morgan fingerprint density at radius 3 is 2.84 bits per heavy atom. The van der Waals surface area contributed by atoms with Gasteiger partial charge in [0.05, 0.1) is 12.3 Å². The minimum absolute atomic E-state index is 0.0320. The lowest BCUT2D eigenvalue weighted by atomic mass is 10.1. The summed E-state index contributed by atoms with van der Waals surface area (Å²) in [6.45, 7) is 2.56. The van der Waals surface area contributed by atoms with Gasteiger partial charge < -0.3 is 14.6 Å². The Hall–Kier alpha value is -3.15. The van der Waals surface area contributed by atoms with Crippen LogP contribution in [0.5, 0.6) is 5.75 Å². The Morgan fingerprint density at radius 1 is 1.20 bits per heavy atom. The van der Waals surface area contributed by atoms with Crippen molar-refractivity contribution in [2.45, 2.75) is 13.3 Å². The van der Waals surface area contributed by atoms with Gasteiger partial charge in [-0.25, -0.2) is 4.39 Å². The zero-order valence-corrected chi connectivity index (χ0v) is 13.7. The molecule has 0 unspecified atom stereocenters. The number of ether oxygens (including phenoxy) is 1. The standard InChI is InChI=1S/C19H17FN2O3/c1-2-10-24-17-9-4-3-8-15(17)21-19(23)18-12-16(22-25-18)13-6-5-7-14(20)11-13/h3-9,11-12H,2,10H2,1H3,(H,21,23). The van der Waals surface area contributed by atoms with Crippen molar-refractivity contribution in [2.24, 2.45) is 0 Å². The van der Waals surface area contributed by atoms with Gasteiger partial charge in [-0.15, -0.1) is 0 Å². The molecule has 0 saturated heterocycles. The molecule has 1 aromatic heterocycles. The third-order valence-corrected chi connectivity index (χ3v) is 3.45. The summed E-state index contributed by atoms with van der Waals surface area (Å²) in [6, 6.07) is 14.6. The maximum Gasteiger partial charge on any atom is 0.294 e. The van der Waals surface area contributed by atoms with Crippen LogP contribution in [0.15, 0.2) is 59.1 Å². The van der Waals surface area contributed by atoms with Crippen LogP contribution in [-0.2, 0) is 0 Å². The van der Waals surface area contributed by atoms with E-state index >= 15 is 0 Å². The molecule has 3 aromatic rings. The van der Waals surface area contributed by atoms with Crippen molar-refractivity contribution in [3.05, 3.63) is 66.2 Å². The predicted octanol–water partition coefficient (Wildman–Crippen LogP) is 4.52. The number of hydrogen-bond donors (Lipinski definition) is 1. The first-order chi connectivity index (χ1) is 12.2. The molecule has 0 radical (unpaired) electrons. The lowest BCUT2D eigenvalue weighted by molar-refractivity contribution is 0.0987. The van der Waals surface area contributed by atoms with Crippen molar-refractivity contribution in [1.82, 2.24) is 5.16 Å². The highest BCUT2D eigenvalue weighted by Crippen LogP contribution is 2.25. The second kappa shape index (κ2) is 7.61. The minimum atomic E-state index is -0.456. The maximum atomic E-state index is 13.3. The van der Waals surface area contributed by atoms with Gasteiger partial charge in [0.15, 0.2) is 0 Å². The second-order valence-corrected chi connectivity index (χ2v) is 5.39. The molecule has 5 nitrogen and oxygen atoms in total. The van der Waals surface area contributed by atoms with E-state index in [0.29, 0.717) is 29.3 Å². The Labute approximate surface area is 144 Å². The number of benzene rings is 2. The van der Waals surface area contributed by atoms with Gasteiger partial charge >= 0.3 is 0 Å². The quantitative estimate of drug-likeness (QED) is 0.716. The molecule has 0 aliphatic carbocycles. The molecule has 0 saturated carbocycles. The Kier molecular flexibility index (Phi) is 5.09. The summed E-state index contributed by atoms with van der Waals surface area (Å²) in [5, 5.41) is 6.57. The fourth-order valence-corrected chi connectivity index (χ4v) is 2.26. The normalized spacial score (nSPS) is 10.5. The number of aromatic nitrogens is 1. The monoisotopic (exact) mass is 340 g/mol. The summed E-state index contributed by atoms with van der Waals surface area (Å²) in [5.74, 6) is -0.219. The van der Waals surface area contributed by atoms with Gasteiger partial charge in [-0.2, -0.15) is 0 Å². The van der Waals surface area contributed by atoms with Crippen LogP contribution in [0.25, 0.3) is 11.3 Å². The van der Waals surface area contributed by atoms with E-state index < -0.39 is 5.91 Å². The molecular weight excluding hydrogens is 323 g/mol. The molecule has 25 heavy (non-hydrogen) atoms. The highest BCUT2D eigenvalue weighted by molar-refractivity contribution is 6.03. The van der Waals surface area contributed by atoms with Crippen LogP contribution < -0.4 is 10.1 Å². The number of para-hydroxylation sites is 2.